The molecule has 8 heteroatoms. The standard InChI is InChI=1S/C14H22N4O3S/c1-14(2,10-15)21-7-8-22(19,20)9-12-16-17-13(18(12)3)11-5-4-6-11/h11H,4-9H2,1-3H3. The largest absolute Gasteiger partial charge is 0.360 e. The minimum atomic E-state index is -3.35. The van der Waals surface area contributed by atoms with Crippen molar-refractivity contribution in [2.24, 2.45) is 7.05 Å². The summed E-state index contributed by atoms with van der Waals surface area (Å²) >= 11 is 0. The molecule has 1 aromatic rings. The van der Waals surface area contributed by atoms with Crippen molar-refractivity contribution in [3.05, 3.63) is 11.6 Å². The van der Waals surface area contributed by atoms with E-state index in [-0.39, 0.29) is 18.1 Å². The van der Waals surface area contributed by atoms with Crippen molar-refractivity contribution in [2.75, 3.05) is 12.4 Å². The van der Waals surface area contributed by atoms with Gasteiger partial charge in [-0.15, -0.1) is 10.2 Å². The number of nitriles is 1. The van der Waals surface area contributed by atoms with Gasteiger partial charge in [0, 0.05) is 13.0 Å². The van der Waals surface area contributed by atoms with Crippen molar-refractivity contribution in [3.63, 3.8) is 0 Å². The first-order chi connectivity index (χ1) is 10.2. The van der Waals surface area contributed by atoms with Crippen LogP contribution in [0.1, 0.15) is 50.7 Å². The third kappa shape index (κ3) is 4.05. The van der Waals surface area contributed by atoms with E-state index in [1.807, 2.05) is 13.1 Å². The van der Waals surface area contributed by atoms with Gasteiger partial charge in [-0.25, -0.2) is 8.42 Å². The molecule has 0 N–H and O–H groups in total. The van der Waals surface area contributed by atoms with Crippen LogP contribution < -0.4 is 0 Å². The molecular weight excluding hydrogens is 304 g/mol. The van der Waals surface area contributed by atoms with Crippen molar-refractivity contribution < 1.29 is 13.2 Å². The van der Waals surface area contributed by atoms with Gasteiger partial charge in [0.25, 0.3) is 0 Å². The average molecular weight is 326 g/mol. The Morgan fingerprint density at radius 1 is 1.41 bits per heavy atom. The number of sulfone groups is 1. The Labute approximate surface area is 131 Å². The minimum absolute atomic E-state index is 0.00374. The Bertz CT molecular complexity index is 669. The van der Waals surface area contributed by atoms with Crippen molar-refractivity contribution in [1.29, 1.82) is 5.26 Å². The van der Waals surface area contributed by atoms with E-state index in [2.05, 4.69) is 10.2 Å². The maximum atomic E-state index is 12.1. The van der Waals surface area contributed by atoms with Crippen LogP contribution in [0.3, 0.4) is 0 Å². The minimum Gasteiger partial charge on any atom is -0.360 e. The predicted molar refractivity (Wildman–Crippen MR) is 80.7 cm³/mol. The molecule has 0 aromatic carbocycles. The molecule has 2 rings (SSSR count). The number of hydrogen-bond donors (Lipinski definition) is 0. The monoisotopic (exact) mass is 326 g/mol. The van der Waals surface area contributed by atoms with E-state index >= 15 is 0 Å². The molecular formula is C14H22N4O3S. The third-order valence-corrected chi connectivity index (χ3v) is 5.43. The zero-order valence-electron chi connectivity index (χ0n) is 13.2. The smallest absolute Gasteiger partial charge is 0.159 e. The van der Waals surface area contributed by atoms with Crippen LogP contribution in [-0.2, 0) is 27.4 Å². The lowest BCUT2D eigenvalue weighted by atomic mass is 9.85. The molecule has 122 valence electrons. The van der Waals surface area contributed by atoms with Gasteiger partial charge in [0.15, 0.2) is 9.84 Å². The summed E-state index contributed by atoms with van der Waals surface area (Å²) in [5.41, 5.74) is -0.975. The highest BCUT2D eigenvalue weighted by Crippen LogP contribution is 2.35. The molecule has 1 aliphatic carbocycles. The van der Waals surface area contributed by atoms with Crippen LogP contribution in [0.4, 0.5) is 0 Å². The topological polar surface area (TPSA) is 97.9 Å². The molecule has 0 unspecified atom stereocenters. The van der Waals surface area contributed by atoms with E-state index < -0.39 is 15.4 Å². The lowest BCUT2D eigenvalue weighted by Gasteiger charge is -2.24. The predicted octanol–water partition coefficient (Wildman–Crippen LogP) is 1.32. The summed E-state index contributed by atoms with van der Waals surface area (Å²) < 4.78 is 31.4. The SMILES string of the molecule is Cn1c(CS(=O)(=O)CCOC(C)(C)C#N)nnc1C1CCC1. The number of aromatic nitrogens is 3. The molecule has 22 heavy (non-hydrogen) atoms. The molecule has 1 aromatic heterocycles. The number of rotatable bonds is 7. The van der Waals surface area contributed by atoms with Crippen molar-refractivity contribution >= 4 is 9.84 Å². The molecule has 0 aliphatic heterocycles. The van der Waals surface area contributed by atoms with Gasteiger partial charge in [-0.1, -0.05) is 6.42 Å². The molecule has 0 bridgehead atoms. The normalized spacial score (nSPS) is 16.3. The fraction of sp³-hybridized carbons (Fsp3) is 0.786. The summed E-state index contributed by atoms with van der Waals surface area (Å²) in [6, 6.07) is 1.97. The second kappa shape index (κ2) is 6.34. The molecule has 1 saturated carbocycles. The highest BCUT2D eigenvalue weighted by molar-refractivity contribution is 7.90. The Morgan fingerprint density at radius 2 is 2.09 bits per heavy atom. The van der Waals surface area contributed by atoms with Crippen LogP contribution in [0.5, 0.6) is 0 Å². The third-order valence-electron chi connectivity index (χ3n) is 3.94. The second-order valence-electron chi connectivity index (χ2n) is 6.22. The lowest BCUT2D eigenvalue weighted by molar-refractivity contribution is 0.0357. The molecule has 1 heterocycles. The van der Waals surface area contributed by atoms with Crippen LogP contribution in [0, 0.1) is 11.3 Å². The van der Waals surface area contributed by atoms with E-state index in [0.29, 0.717) is 11.7 Å². The van der Waals surface area contributed by atoms with Gasteiger partial charge in [0.2, 0.25) is 0 Å². The van der Waals surface area contributed by atoms with E-state index in [0.717, 1.165) is 18.7 Å². The molecule has 1 fully saturated rings. The van der Waals surface area contributed by atoms with E-state index in [1.54, 1.807) is 18.4 Å². The highest BCUT2D eigenvalue weighted by atomic mass is 32.2. The number of hydrogen-bond acceptors (Lipinski definition) is 6. The Morgan fingerprint density at radius 3 is 2.64 bits per heavy atom. The van der Waals surface area contributed by atoms with Crippen LogP contribution in [0.25, 0.3) is 0 Å². The van der Waals surface area contributed by atoms with Crippen molar-refractivity contribution in [2.45, 2.75) is 50.4 Å². The van der Waals surface area contributed by atoms with Crippen molar-refractivity contribution in [3.8, 4) is 6.07 Å². The van der Waals surface area contributed by atoms with Gasteiger partial charge in [-0.3, -0.25) is 0 Å². The van der Waals surface area contributed by atoms with Gasteiger partial charge in [0.1, 0.15) is 23.0 Å². The summed E-state index contributed by atoms with van der Waals surface area (Å²) in [6.07, 6.45) is 3.38. The van der Waals surface area contributed by atoms with Crippen LogP contribution in [0.15, 0.2) is 0 Å². The van der Waals surface area contributed by atoms with Crippen LogP contribution >= 0.6 is 0 Å². The second-order valence-corrected chi connectivity index (χ2v) is 8.41. The van der Waals surface area contributed by atoms with E-state index in [9.17, 15) is 8.42 Å². The average Bonchev–Trinajstić information content (AvgIpc) is 2.69. The van der Waals surface area contributed by atoms with Crippen molar-refractivity contribution in [1.82, 2.24) is 14.8 Å². The quantitative estimate of drug-likeness (QED) is 0.749. The first-order valence-corrected chi connectivity index (χ1v) is 9.20. The van der Waals surface area contributed by atoms with Gasteiger partial charge in [-0.05, 0) is 26.7 Å². The number of ether oxygens (including phenoxy) is 1. The molecule has 1 aliphatic rings. The van der Waals surface area contributed by atoms with E-state index in [1.165, 1.54) is 6.42 Å². The maximum absolute atomic E-state index is 12.1. The Hall–Kier alpha value is -1.46. The summed E-state index contributed by atoms with van der Waals surface area (Å²) in [7, 11) is -1.53. The van der Waals surface area contributed by atoms with Gasteiger partial charge < -0.3 is 9.30 Å². The summed E-state index contributed by atoms with van der Waals surface area (Å²) in [6.45, 7) is 3.20. The zero-order valence-corrected chi connectivity index (χ0v) is 14.1. The zero-order chi connectivity index (χ0) is 16.4. The molecule has 0 atom stereocenters. The Kier molecular flexibility index (Phi) is 4.87. The molecule has 0 amide bonds. The Balaban J connectivity index is 1.94. The van der Waals surface area contributed by atoms with Gasteiger partial charge >= 0.3 is 0 Å². The first-order valence-electron chi connectivity index (χ1n) is 7.38. The highest BCUT2D eigenvalue weighted by Gasteiger charge is 2.27. The lowest BCUT2D eigenvalue weighted by Crippen LogP contribution is -2.26. The number of nitrogens with zero attached hydrogens (tertiary/aromatic N) is 4. The molecule has 0 radical (unpaired) electrons. The fourth-order valence-corrected chi connectivity index (χ4v) is 3.37. The van der Waals surface area contributed by atoms with Gasteiger partial charge in [-0.2, -0.15) is 5.26 Å². The van der Waals surface area contributed by atoms with Gasteiger partial charge in [0.05, 0.1) is 18.4 Å². The fourth-order valence-electron chi connectivity index (χ4n) is 2.25. The molecule has 0 saturated heterocycles. The van der Waals surface area contributed by atoms with Crippen LogP contribution in [0.2, 0.25) is 0 Å². The summed E-state index contributed by atoms with van der Waals surface area (Å²) in [5.74, 6) is 1.46. The molecule has 0 spiro atoms. The van der Waals surface area contributed by atoms with E-state index in [4.69, 9.17) is 10.00 Å². The van der Waals surface area contributed by atoms with Crippen LogP contribution in [-0.4, -0.2) is 41.1 Å². The summed E-state index contributed by atoms with van der Waals surface area (Å²) in [5, 5.41) is 17.0. The first kappa shape index (κ1) is 16.9. The molecule has 7 nitrogen and oxygen atoms in total. The summed E-state index contributed by atoms with van der Waals surface area (Å²) in [4.78, 5) is 0. The maximum Gasteiger partial charge on any atom is 0.159 e.